The third-order valence-electron chi connectivity index (χ3n) is 5.72. The summed E-state index contributed by atoms with van der Waals surface area (Å²) in [7, 11) is -3.40. The van der Waals surface area contributed by atoms with E-state index in [-0.39, 0.29) is 29.1 Å². The molecule has 4 rings (SSSR count). The Labute approximate surface area is 206 Å². The van der Waals surface area contributed by atoms with Gasteiger partial charge in [0.15, 0.2) is 5.69 Å². The van der Waals surface area contributed by atoms with Crippen LogP contribution in [0, 0.1) is 0 Å². The van der Waals surface area contributed by atoms with Gasteiger partial charge in [-0.1, -0.05) is 52.3 Å². The molecule has 2 aromatic carbocycles. The first kappa shape index (κ1) is 24.0. The highest BCUT2D eigenvalue weighted by atomic mass is 79.9. The first-order chi connectivity index (χ1) is 16.4. The van der Waals surface area contributed by atoms with E-state index in [1.54, 1.807) is 13.0 Å². The second-order valence-electron chi connectivity index (χ2n) is 7.71. The average Bonchev–Trinajstić information content (AvgIpc) is 3.30. The number of nitrogens with one attached hydrogen (secondary N) is 2. The number of amidine groups is 1. The van der Waals surface area contributed by atoms with Crippen LogP contribution in [-0.4, -0.2) is 42.1 Å². The molecule has 0 radical (unpaired) electrons. The minimum absolute atomic E-state index is 0.0220. The smallest absolute Gasteiger partial charge is 0.234 e. The summed E-state index contributed by atoms with van der Waals surface area (Å²) in [6.07, 6.45) is 1.38. The Bertz CT molecular complexity index is 1310. The summed E-state index contributed by atoms with van der Waals surface area (Å²) in [5.74, 6) is 0.351. The van der Waals surface area contributed by atoms with E-state index in [2.05, 4.69) is 49.0 Å². The van der Waals surface area contributed by atoms with Crippen LogP contribution in [0.5, 0.6) is 0 Å². The third kappa shape index (κ3) is 4.73. The number of fused-ring (bicyclic) bond motifs is 1. The molecule has 0 saturated carbocycles. The average molecular weight is 549 g/mol. The van der Waals surface area contributed by atoms with E-state index in [9.17, 15) is 13.6 Å². The van der Waals surface area contributed by atoms with Gasteiger partial charge in [-0.15, -0.1) is 0 Å². The molecule has 1 aliphatic heterocycles. The lowest BCUT2D eigenvalue weighted by atomic mass is 9.98. The van der Waals surface area contributed by atoms with Crippen molar-refractivity contribution in [2.75, 3.05) is 27.2 Å². The van der Waals surface area contributed by atoms with Crippen LogP contribution < -0.4 is 14.9 Å². The Kier molecular flexibility index (Phi) is 7.08. The highest BCUT2D eigenvalue weighted by Crippen LogP contribution is 2.37. The van der Waals surface area contributed by atoms with Gasteiger partial charge in [0, 0.05) is 16.7 Å². The van der Waals surface area contributed by atoms with Gasteiger partial charge in [-0.2, -0.15) is 0 Å². The molecule has 0 bridgehead atoms. The number of sulfonamides is 1. The number of aromatic nitrogens is 2. The second kappa shape index (κ2) is 10.0. The van der Waals surface area contributed by atoms with Crippen LogP contribution in [0.4, 0.5) is 17.2 Å². The molecule has 10 nitrogen and oxygen atoms in total. The van der Waals surface area contributed by atoms with Crippen LogP contribution in [0.2, 0.25) is 0 Å². The number of oxime groups is 1. The summed E-state index contributed by atoms with van der Waals surface area (Å²) < 4.78 is 32.5. The van der Waals surface area contributed by atoms with Crippen molar-refractivity contribution in [3.8, 4) is 0 Å². The van der Waals surface area contributed by atoms with Crippen molar-refractivity contribution in [1.29, 1.82) is 0 Å². The Hall–Kier alpha value is -3.12. The molecule has 0 amide bonds. The standard InChI is InChI=1S/C22H25BrN6O4S/c1-3-14-9-10-15(13-17(14)23)24-21(26-30)20-22(28-33-27-20)25-18-11-12-29(34(31,32)4-2)19-8-6-5-7-16(18)19/h5-10,13,18,30H,3-4,11-12H2,1-2H3,(H,24,26)(H,25,28). The van der Waals surface area contributed by atoms with Crippen molar-refractivity contribution in [3.05, 3.63) is 63.8 Å². The molecule has 1 aromatic heterocycles. The van der Waals surface area contributed by atoms with Crippen LogP contribution >= 0.6 is 15.9 Å². The lowest BCUT2D eigenvalue weighted by molar-refractivity contribution is 0.304. The van der Waals surface area contributed by atoms with Gasteiger partial charge in [-0.3, -0.25) is 4.31 Å². The molecule has 3 N–H and O–H groups in total. The Morgan fingerprint density at radius 3 is 2.76 bits per heavy atom. The highest BCUT2D eigenvalue weighted by Gasteiger charge is 2.32. The maximum absolute atomic E-state index is 12.6. The molecular formula is C22H25BrN6O4S. The van der Waals surface area contributed by atoms with Gasteiger partial charge in [0.05, 0.1) is 17.5 Å². The van der Waals surface area contributed by atoms with Crippen LogP contribution in [0.25, 0.3) is 0 Å². The van der Waals surface area contributed by atoms with E-state index >= 15 is 0 Å². The van der Waals surface area contributed by atoms with Crippen LogP contribution in [0.3, 0.4) is 0 Å². The fourth-order valence-electron chi connectivity index (χ4n) is 3.91. The van der Waals surface area contributed by atoms with Gasteiger partial charge in [0.2, 0.25) is 21.7 Å². The van der Waals surface area contributed by atoms with Crippen molar-refractivity contribution in [2.45, 2.75) is 32.7 Å². The number of aryl methyl sites for hydroxylation is 1. The van der Waals surface area contributed by atoms with E-state index in [4.69, 9.17) is 4.63 Å². The van der Waals surface area contributed by atoms with Crippen molar-refractivity contribution in [3.63, 3.8) is 0 Å². The Morgan fingerprint density at radius 1 is 1.26 bits per heavy atom. The third-order valence-corrected chi connectivity index (χ3v) is 8.24. The molecule has 0 fully saturated rings. The number of rotatable bonds is 7. The van der Waals surface area contributed by atoms with E-state index in [1.165, 1.54) is 4.31 Å². The summed E-state index contributed by atoms with van der Waals surface area (Å²) in [4.78, 5) is 0. The number of hydrogen-bond donors (Lipinski definition) is 3. The van der Waals surface area contributed by atoms with E-state index in [1.807, 2.05) is 36.4 Å². The summed E-state index contributed by atoms with van der Waals surface area (Å²) in [5.41, 5.74) is 3.47. The molecule has 1 aliphatic rings. The fourth-order valence-corrected chi connectivity index (χ4v) is 5.73. The molecule has 0 saturated heterocycles. The number of halogens is 1. The minimum Gasteiger partial charge on any atom is -0.409 e. The van der Waals surface area contributed by atoms with Crippen molar-refractivity contribution in [2.24, 2.45) is 5.16 Å². The van der Waals surface area contributed by atoms with Gasteiger partial charge in [0.1, 0.15) is 0 Å². The van der Waals surface area contributed by atoms with Gasteiger partial charge in [-0.05, 0) is 59.4 Å². The maximum atomic E-state index is 12.6. The number of anilines is 3. The first-order valence-electron chi connectivity index (χ1n) is 10.8. The van der Waals surface area contributed by atoms with E-state index < -0.39 is 10.0 Å². The lowest BCUT2D eigenvalue weighted by Gasteiger charge is -2.35. The Balaban J connectivity index is 1.59. The predicted molar refractivity (Wildman–Crippen MR) is 134 cm³/mol. The number of nitrogens with zero attached hydrogens (tertiary/aromatic N) is 4. The Morgan fingerprint density at radius 2 is 2.06 bits per heavy atom. The SMILES string of the molecule is CCc1ccc(N/C(=N\O)c2nonc2NC2CCN(S(=O)(=O)CC)c3ccccc32)cc1Br. The molecule has 180 valence electrons. The van der Waals surface area contributed by atoms with Gasteiger partial charge >= 0.3 is 0 Å². The lowest BCUT2D eigenvalue weighted by Crippen LogP contribution is -2.39. The highest BCUT2D eigenvalue weighted by molar-refractivity contribution is 9.10. The zero-order valence-corrected chi connectivity index (χ0v) is 21.1. The monoisotopic (exact) mass is 548 g/mol. The zero-order chi connectivity index (χ0) is 24.3. The normalized spacial score (nSPS) is 16.3. The quantitative estimate of drug-likeness (QED) is 0.172. The molecule has 2 heterocycles. The molecule has 0 aliphatic carbocycles. The van der Waals surface area contributed by atoms with Gasteiger partial charge < -0.3 is 15.8 Å². The van der Waals surface area contributed by atoms with Gasteiger partial charge in [-0.25, -0.2) is 13.0 Å². The molecule has 0 spiro atoms. The van der Waals surface area contributed by atoms with E-state index in [0.717, 1.165) is 22.0 Å². The molecule has 12 heteroatoms. The van der Waals surface area contributed by atoms with E-state index in [0.29, 0.717) is 24.3 Å². The zero-order valence-electron chi connectivity index (χ0n) is 18.7. The number of benzene rings is 2. The summed E-state index contributed by atoms with van der Waals surface area (Å²) in [5, 5.41) is 27.2. The summed E-state index contributed by atoms with van der Waals surface area (Å²) in [6, 6.07) is 12.8. The summed E-state index contributed by atoms with van der Waals surface area (Å²) >= 11 is 3.54. The first-order valence-corrected chi connectivity index (χ1v) is 13.2. The van der Waals surface area contributed by atoms with Crippen molar-refractivity contribution in [1.82, 2.24) is 10.3 Å². The molecule has 1 atom stereocenters. The molecular weight excluding hydrogens is 524 g/mol. The van der Waals surface area contributed by atoms with Crippen LogP contribution in [-0.2, 0) is 16.4 Å². The molecule has 34 heavy (non-hydrogen) atoms. The minimum atomic E-state index is -3.40. The second-order valence-corrected chi connectivity index (χ2v) is 10.7. The largest absolute Gasteiger partial charge is 0.409 e. The van der Waals surface area contributed by atoms with Gasteiger partial charge in [0.25, 0.3) is 0 Å². The van der Waals surface area contributed by atoms with Crippen LogP contribution in [0.15, 0.2) is 56.7 Å². The number of para-hydroxylation sites is 1. The number of hydrogen-bond acceptors (Lipinski definition) is 8. The fraction of sp³-hybridized carbons (Fsp3) is 0.318. The van der Waals surface area contributed by atoms with Crippen molar-refractivity contribution < 1.29 is 18.3 Å². The van der Waals surface area contributed by atoms with Crippen LogP contribution in [0.1, 0.15) is 43.1 Å². The molecule has 1 unspecified atom stereocenters. The summed E-state index contributed by atoms with van der Waals surface area (Å²) in [6.45, 7) is 4.02. The predicted octanol–water partition coefficient (Wildman–Crippen LogP) is 4.36. The topological polar surface area (TPSA) is 133 Å². The van der Waals surface area contributed by atoms with Crippen molar-refractivity contribution >= 4 is 49.0 Å². The maximum Gasteiger partial charge on any atom is 0.234 e. The molecule has 3 aromatic rings.